The Labute approximate surface area is 107 Å². The van der Waals surface area contributed by atoms with Crippen molar-refractivity contribution in [1.82, 2.24) is 9.55 Å². The number of ether oxygens (including phenoxy) is 1. The highest BCUT2D eigenvalue weighted by Gasteiger charge is 2.43. The Kier molecular flexibility index (Phi) is 3.64. The van der Waals surface area contributed by atoms with Crippen LogP contribution in [0, 0.1) is 11.7 Å². The maximum Gasteiger partial charge on any atom is 0.251 e. The summed E-state index contributed by atoms with van der Waals surface area (Å²) in [5.74, 6) is 0. The monoisotopic (exact) mass is 274 g/mol. The summed E-state index contributed by atoms with van der Waals surface area (Å²) in [6.45, 7) is 1.23. The number of aromatic amines is 1. The molecule has 0 spiro atoms. The molecule has 0 bridgehead atoms. The Balaban J connectivity index is 2.45. The van der Waals surface area contributed by atoms with E-state index in [1.54, 1.807) is 6.92 Å². The Hall–Kier alpha value is -1.06. The molecule has 4 atom stereocenters. The molecule has 0 aliphatic carbocycles. The number of hydrogen-bond acceptors (Lipinski definition) is 6. The highest BCUT2D eigenvalue weighted by molar-refractivity contribution is 7.71. The molecule has 8 heteroatoms. The number of aromatic nitrogens is 2. The van der Waals surface area contributed by atoms with Crippen LogP contribution in [-0.4, -0.2) is 49.8 Å². The summed E-state index contributed by atoms with van der Waals surface area (Å²) in [5.41, 5.74) is 0.152. The van der Waals surface area contributed by atoms with Gasteiger partial charge >= 0.3 is 0 Å². The van der Waals surface area contributed by atoms with Crippen molar-refractivity contribution < 1.29 is 20.1 Å². The number of H-pyrrole nitrogens is 1. The minimum atomic E-state index is -1.22. The molecule has 0 unspecified atom stereocenters. The van der Waals surface area contributed by atoms with E-state index in [4.69, 9.17) is 22.1 Å². The van der Waals surface area contributed by atoms with E-state index in [0.717, 1.165) is 0 Å². The molecule has 1 aromatic rings. The van der Waals surface area contributed by atoms with E-state index in [1.165, 1.54) is 10.6 Å². The molecule has 0 aromatic carbocycles. The molecular weight excluding hydrogens is 260 g/mol. The summed E-state index contributed by atoms with van der Waals surface area (Å²) in [7, 11) is 0. The summed E-state index contributed by atoms with van der Waals surface area (Å²) >= 11 is 5.00. The van der Waals surface area contributed by atoms with Gasteiger partial charge in [0.1, 0.15) is 18.3 Å². The maximum atomic E-state index is 11.2. The summed E-state index contributed by atoms with van der Waals surface area (Å²) in [4.78, 5) is 13.6. The quantitative estimate of drug-likeness (QED) is 0.506. The predicted octanol–water partition coefficient (Wildman–Crippen LogP) is -1.17. The molecule has 2 rings (SSSR count). The first-order valence-electron chi connectivity index (χ1n) is 5.40. The smallest absolute Gasteiger partial charge is 0.251 e. The Bertz CT molecular complexity index is 554. The van der Waals surface area contributed by atoms with E-state index in [9.17, 15) is 15.0 Å². The van der Waals surface area contributed by atoms with Gasteiger partial charge in [-0.05, 0) is 19.1 Å². The molecular formula is C10H14N2O5S. The lowest BCUT2D eigenvalue weighted by atomic mass is 10.1. The Morgan fingerprint density at radius 2 is 2.17 bits per heavy atom. The highest BCUT2D eigenvalue weighted by atomic mass is 32.1. The number of aliphatic hydroxyl groups excluding tert-OH is 3. The van der Waals surface area contributed by atoms with Gasteiger partial charge in [-0.1, -0.05) is 0 Å². The molecule has 18 heavy (non-hydrogen) atoms. The minimum absolute atomic E-state index is 0.0924. The number of rotatable bonds is 2. The topological polar surface area (TPSA) is 108 Å². The Morgan fingerprint density at radius 1 is 1.50 bits per heavy atom. The van der Waals surface area contributed by atoms with Gasteiger partial charge in [-0.3, -0.25) is 14.3 Å². The summed E-state index contributed by atoms with van der Waals surface area (Å²) in [5, 5.41) is 28.6. The third-order valence-corrected chi connectivity index (χ3v) is 3.24. The molecule has 1 aliphatic heterocycles. The van der Waals surface area contributed by atoms with Gasteiger partial charge in [0.2, 0.25) is 0 Å². The number of hydrogen-bond donors (Lipinski definition) is 4. The average Bonchev–Trinajstić information content (AvgIpc) is 2.56. The second kappa shape index (κ2) is 4.90. The summed E-state index contributed by atoms with van der Waals surface area (Å²) < 4.78 is 6.84. The fraction of sp³-hybridized carbons (Fsp3) is 0.600. The zero-order valence-corrected chi connectivity index (χ0v) is 10.4. The zero-order chi connectivity index (χ0) is 13.4. The van der Waals surface area contributed by atoms with Crippen LogP contribution in [0.15, 0.2) is 10.9 Å². The van der Waals surface area contributed by atoms with Gasteiger partial charge in [0.05, 0.1) is 6.61 Å². The fourth-order valence-corrected chi connectivity index (χ4v) is 2.38. The van der Waals surface area contributed by atoms with Crippen LogP contribution in [0.1, 0.15) is 11.9 Å². The van der Waals surface area contributed by atoms with Crippen molar-refractivity contribution >= 4 is 12.2 Å². The standard InChI is InChI=1S/C10H14N2O5S/c1-4-2-6(14)11-10(18)12(4)9-8(16)7(15)5(3-13)17-9/h2,5,7-9,13,15-16H,3H2,1H3,(H,11,14,18)/t5-,7-,8-,9-/m1/s1. The first kappa shape index (κ1) is 13.4. The van der Waals surface area contributed by atoms with Crippen molar-refractivity contribution in [1.29, 1.82) is 0 Å². The van der Waals surface area contributed by atoms with Gasteiger partial charge in [-0.2, -0.15) is 0 Å². The molecule has 0 amide bonds. The minimum Gasteiger partial charge on any atom is -0.394 e. The Morgan fingerprint density at radius 3 is 2.67 bits per heavy atom. The predicted molar refractivity (Wildman–Crippen MR) is 63.6 cm³/mol. The van der Waals surface area contributed by atoms with E-state index >= 15 is 0 Å². The van der Waals surface area contributed by atoms with Gasteiger partial charge in [-0.25, -0.2) is 0 Å². The van der Waals surface area contributed by atoms with Crippen LogP contribution in [0.4, 0.5) is 0 Å². The number of aryl methyl sites for hydroxylation is 1. The average molecular weight is 274 g/mol. The van der Waals surface area contributed by atoms with Crippen molar-refractivity contribution in [3.8, 4) is 0 Å². The number of nitrogens with zero attached hydrogens (tertiary/aromatic N) is 1. The molecule has 1 fully saturated rings. The van der Waals surface area contributed by atoms with Gasteiger partial charge in [0.25, 0.3) is 5.56 Å². The van der Waals surface area contributed by atoms with Gasteiger partial charge < -0.3 is 20.1 Å². The van der Waals surface area contributed by atoms with Crippen molar-refractivity contribution in [2.75, 3.05) is 6.61 Å². The van der Waals surface area contributed by atoms with Crippen molar-refractivity contribution in [2.45, 2.75) is 31.5 Å². The largest absolute Gasteiger partial charge is 0.394 e. The van der Waals surface area contributed by atoms with Crippen molar-refractivity contribution in [2.24, 2.45) is 0 Å². The van der Waals surface area contributed by atoms with Crippen molar-refractivity contribution in [3.05, 3.63) is 26.9 Å². The van der Waals surface area contributed by atoms with Crippen LogP contribution in [0.25, 0.3) is 0 Å². The van der Waals surface area contributed by atoms with Crippen LogP contribution in [0.2, 0.25) is 0 Å². The van der Waals surface area contributed by atoms with E-state index in [2.05, 4.69) is 4.98 Å². The lowest BCUT2D eigenvalue weighted by molar-refractivity contribution is -0.0550. The third kappa shape index (κ3) is 2.13. The second-order valence-corrected chi connectivity index (χ2v) is 4.57. The van der Waals surface area contributed by atoms with Crippen LogP contribution >= 0.6 is 12.2 Å². The molecule has 2 heterocycles. The van der Waals surface area contributed by atoms with Crippen LogP contribution < -0.4 is 5.56 Å². The van der Waals surface area contributed by atoms with E-state index in [-0.39, 0.29) is 10.3 Å². The second-order valence-electron chi connectivity index (χ2n) is 4.18. The third-order valence-electron chi connectivity index (χ3n) is 2.94. The molecule has 4 N–H and O–H groups in total. The molecule has 7 nitrogen and oxygen atoms in total. The highest BCUT2D eigenvalue weighted by Crippen LogP contribution is 2.29. The summed E-state index contributed by atoms with van der Waals surface area (Å²) in [6.07, 6.45) is -4.23. The SMILES string of the molecule is Cc1cc(=O)[nH]c(=S)n1[C@@H]1O[C@H](CO)[C@@H](O)[C@H]1O. The number of nitrogens with one attached hydrogen (secondary N) is 1. The molecule has 1 aliphatic rings. The maximum absolute atomic E-state index is 11.2. The zero-order valence-electron chi connectivity index (χ0n) is 9.61. The number of aliphatic hydroxyl groups is 3. The van der Waals surface area contributed by atoms with Crippen LogP contribution in [-0.2, 0) is 4.74 Å². The lowest BCUT2D eigenvalue weighted by Crippen LogP contribution is -2.33. The van der Waals surface area contributed by atoms with Gasteiger partial charge in [-0.15, -0.1) is 0 Å². The fourth-order valence-electron chi connectivity index (χ4n) is 2.03. The van der Waals surface area contributed by atoms with Crippen molar-refractivity contribution in [3.63, 3.8) is 0 Å². The van der Waals surface area contributed by atoms with E-state index in [1.807, 2.05) is 0 Å². The van der Waals surface area contributed by atoms with E-state index in [0.29, 0.717) is 5.69 Å². The van der Waals surface area contributed by atoms with Gasteiger partial charge in [0, 0.05) is 11.8 Å². The molecule has 1 saturated heterocycles. The van der Waals surface area contributed by atoms with Crippen LogP contribution in [0.5, 0.6) is 0 Å². The first-order valence-corrected chi connectivity index (χ1v) is 5.81. The molecule has 1 aromatic heterocycles. The first-order chi connectivity index (χ1) is 8.45. The molecule has 0 radical (unpaired) electrons. The van der Waals surface area contributed by atoms with Gasteiger partial charge in [0.15, 0.2) is 11.0 Å². The van der Waals surface area contributed by atoms with E-state index < -0.39 is 31.1 Å². The molecule has 100 valence electrons. The normalized spacial score (nSPS) is 31.8. The lowest BCUT2D eigenvalue weighted by Gasteiger charge is -2.20. The molecule has 0 saturated carbocycles. The summed E-state index contributed by atoms with van der Waals surface area (Å²) in [6, 6.07) is 1.31. The van der Waals surface area contributed by atoms with Crippen LogP contribution in [0.3, 0.4) is 0 Å².